The molecule has 0 saturated carbocycles. The number of ether oxygens (including phenoxy) is 1. The molecular weight excluding hydrogens is 331 g/mol. The first-order valence-corrected chi connectivity index (χ1v) is 10.6. The molecule has 1 aliphatic heterocycles. The molecular formula is C12H25IO2Si. The van der Waals surface area contributed by atoms with Crippen LogP contribution in [-0.2, 0) is 9.16 Å². The van der Waals surface area contributed by atoms with Crippen LogP contribution in [-0.4, -0.2) is 31.6 Å². The van der Waals surface area contributed by atoms with Gasteiger partial charge in [-0.3, -0.25) is 0 Å². The number of epoxide rings is 1. The van der Waals surface area contributed by atoms with Gasteiger partial charge in [0, 0.05) is 11.0 Å². The van der Waals surface area contributed by atoms with Crippen LogP contribution in [0.25, 0.3) is 0 Å². The monoisotopic (exact) mass is 356 g/mol. The molecule has 2 nitrogen and oxygen atoms in total. The highest BCUT2D eigenvalue weighted by molar-refractivity contribution is 14.1. The van der Waals surface area contributed by atoms with Gasteiger partial charge in [0.15, 0.2) is 8.32 Å². The van der Waals surface area contributed by atoms with Gasteiger partial charge in [-0.2, -0.15) is 0 Å². The highest BCUT2D eigenvalue weighted by Gasteiger charge is 2.38. The average Bonchev–Trinajstić information content (AvgIpc) is 2.89. The van der Waals surface area contributed by atoms with E-state index in [1.807, 2.05) is 0 Å². The van der Waals surface area contributed by atoms with Gasteiger partial charge in [-0.1, -0.05) is 43.4 Å². The Morgan fingerprint density at radius 3 is 2.31 bits per heavy atom. The van der Waals surface area contributed by atoms with Gasteiger partial charge in [-0.25, -0.2) is 0 Å². The standard InChI is InChI=1S/C12H25IO2Si/c1-12(2,3)16(4,5)14-8-6-7-10-11(9-13)15-10/h10-11H,6-9H2,1-5H3/t10-,11-/m0/s1. The third-order valence-corrected chi connectivity index (χ3v) is 9.15. The second kappa shape index (κ2) is 5.67. The van der Waals surface area contributed by atoms with Crippen LogP contribution in [0.15, 0.2) is 0 Å². The fourth-order valence-electron chi connectivity index (χ4n) is 1.40. The third kappa shape index (κ3) is 4.27. The SMILES string of the molecule is CC(C)(C)[Si](C)(C)OCCC[C@@H]1O[C@H]1CI. The third-order valence-electron chi connectivity index (χ3n) is 3.74. The highest BCUT2D eigenvalue weighted by Crippen LogP contribution is 2.36. The summed E-state index contributed by atoms with van der Waals surface area (Å²) in [5.41, 5.74) is 0. The van der Waals surface area contributed by atoms with Crippen LogP contribution in [0.3, 0.4) is 0 Å². The van der Waals surface area contributed by atoms with E-state index in [9.17, 15) is 0 Å². The Hall–Kier alpha value is 0.867. The molecule has 0 radical (unpaired) electrons. The van der Waals surface area contributed by atoms with E-state index < -0.39 is 8.32 Å². The molecule has 16 heavy (non-hydrogen) atoms. The lowest BCUT2D eigenvalue weighted by molar-refractivity contribution is 0.269. The van der Waals surface area contributed by atoms with Gasteiger partial charge in [0.2, 0.25) is 0 Å². The molecule has 1 fully saturated rings. The van der Waals surface area contributed by atoms with E-state index in [1.54, 1.807) is 0 Å². The average molecular weight is 356 g/mol. The summed E-state index contributed by atoms with van der Waals surface area (Å²) in [6.45, 7) is 12.4. The predicted octanol–water partition coefficient (Wildman–Crippen LogP) is 3.99. The highest BCUT2D eigenvalue weighted by atomic mass is 127. The van der Waals surface area contributed by atoms with E-state index in [1.165, 1.54) is 6.42 Å². The second-order valence-electron chi connectivity index (χ2n) is 6.12. The summed E-state index contributed by atoms with van der Waals surface area (Å²) >= 11 is 2.39. The number of hydrogen-bond donors (Lipinski definition) is 0. The van der Waals surface area contributed by atoms with Gasteiger partial charge in [0.25, 0.3) is 0 Å². The Kier molecular flexibility index (Phi) is 5.29. The largest absolute Gasteiger partial charge is 0.417 e. The summed E-state index contributed by atoms with van der Waals surface area (Å²) in [4.78, 5) is 0. The smallest absolute Gasteiger partial charge is 0.191 e. The minimum atomic E-state index is -1.52. The Morgan fingerprint density at radius 2 is 1.88 bits per heavy atom. The molecule has 1 saturated heterocycles. The van der Waals surface area contributed by atoms with Gasteiger partial charge in [0.05, 0.1) is 12.2 Å². The molecule has 0 spiro atoms. The first-order valence-electron chi connectivity index (χ1n) is 6.13. The van der Waals surface area contributed by atoms with Crippen molar-refractivity contribution in [2.24, 2.45) is 0 Å². The van der Waals surface area contributed by atoms with Crippen LogP contribution in [0, 0.1) is 0 Å². The van der Waals surface area contributed by atoms with Crippen LogP contribution in [0.4, 0.5) is 0 Å². The molecule has 96 valence electrons. The Balaban J connectivity index is 2.11. The maximum Gasteiger partial charge on any atom is 0.191 e. The fourth-order valence-corrected chi connectivity index (χ4v) is 3.26. The van der Waals surface area contributed by atoms with Crippen molar-refractivity contribution >= 4 is 30.9 Å². The Bertz CT molecular complexity index is 226. The molecule has 0 N–H and O–H groups in total. The van der Waals surface area contributed by atoms with E-state index >= 15 is 0 Å². The quantitative estimate of drug-likeness (QED) is 0.236. The number of hydrogen-bond acceptors (Lipinski definition) is 2. The van der Waals surface area contributed by atoms with E-state index in [2.05, 4.69) is 56.5 Å². The van der Waals surface area contributed by atoms with Crippen molar-refractivity contribution in [3.05, 3.63) is 0 Å². The molecule has 0 unspecified atom stereocenters. The number of rotatable bonds is 6. The van der Waals surface area contributed by atoms with E-state index in [-0.39, 0.29) is 0 Å². The summed E-state index contributed by atoms with van der Waals surface area (Å²) in [7, 11) is -1.52. The summed E-state index contributed by atoms with van der Waals surface area (Å²) in [6.07, 6.45) is 3.38. The van der Waals surface area contributed by atoms with Crippen molar-refractivity contribution < 1.29 is 9.16 Å². The van der Waals surface area contributed by atoms with Crippen LogP contribution in [0.2, 0.25) is 18.1 Å². The van der Waals surface area contributed by atoms with Gasteiger partial charge in [-0.05, 0) is 31.0 Å². The molecule has 1 rings (SSSR count). The van der Waals surface area contributed by atoms with Crippen LogP contribution >= 0.6 is 22.6 Å². The van der Waals surface area contributed by atoms with Crippen LogP contribution in [0.5, 0.6) is 0 Å². The molecule has 1 aliphatic rings. The Morgan fingerprint density at radius 1 is 1.25 bits per heavy atom. The minimum absolute atomic E-state index is 0.327. The molecule has 0 amide bonds. The molecule has 2 atom stereocenters. The molecule has 0 aromatic rings. The van der Waals surface area contributed by atoms with Crippen LogP contribution < -0.4 is 0 Å². The van der Waals surface area contributed by atoms with Gasteiger partial charge in [0.1, 0.15) is 0 Å². The van der Waals surface area contributed by atoms with Crippen molar-refractivity contribution in [1.82, 2.24) is 0 Å². The van der Waals surface area contributed by atoms with E-state index in [0.717, 1.165) is 17.5 Å². The van der Waals surface area contributed by atoms with Gasteiger partial charge < -0.3 is 9.16 Å². The zero-order valence-corrected chi connectivity index (χ0v) is 14.3. The van der Waals surface area contributed by atoms with Crippen LogP contribution in [0.1, 0.15) is 33.6 Å². The fraction of sp³-hybridized carbons (Fsp3) is 1.00. The van der Waals surface area contributed by atoms with Crippen molar-refractivity contribution in [2.45, 2.75) is 64.0 Å². The zero-order valence-electron chi connectivity index (χ0n) is 11.2. The first-order chi connectivity index (χ1) is 7.28. The van der Waals surface area contributed by atoms with E-state index in [0.29, 0.717) is 17.2 Å². The molecule has 0 bridgehead atoms. The van der Waals surface area contributed by atoms with Crippen molar-refractivity contribution in [1.29, 1.82) is 0 Å². The van der Waals surface area contributed by atoms with Crippen molar-refractivity contribution in [3.63, 3.8) is 0 Å². The van der Waals surface area contributed by atoms with Gasteiger partial charge >= 0.3 is 0 Å². The maximum atomic E-state index is 6.12. The normalized spacial score (nSPS) is 25.9. The Labute approximate surface area is 115 Å². The number of halogens is 1. The molecule has 0 aliphatic carbocycles. The lowest BCUT2D eigenvalue weighted by atomic mass is 10.2. The molecule has 4 heteroatoms. The van der Waals surface area contributed by atoms with E-state index in [4.69, 9.17) is 9.16 Å². The summed E-state index contributed by atoms with van der Waals surface area (Å²) in [5, 5.41) is 0.327. The van der Waals surface area contributed by atoms with Crippen molar-refractivity contribution in [2.75, 3.05) is 11.0 Å². The lowest BCUT2D eigenvalue weighted by Gasteiger charge is -2.36. The zero-order chi connectivity index (χ0) is 12.4. The number of alkyl halides is 1. The predicted molar refractivity (Wildman–Crippen MR) is 79.9 cm³/mol. The summed E-state index contributed by atoms with van der Waals surface area (Å²) in [6, 6.07) is 0. The van der Waals surface area contributed by atoms with Crippen molar-refractivity contribution in [3.8, 4) is 0 Å². The second-order valence-corrected chi connectivity index (χ2v) is 11.8. The molecule has 0 aromatic heterocycles. The first kappa shape index (κ1) is 14.9. The lowest BCUT2D eigenvalue weighted by Crippen LogP contribution is -2.41. The van der Waals surface area contributed by atoms with Gasteiger partial charge in [-0.15, -0.1) is 0 Å². The topological polar surface area (TPSA) is 21.8 Å². The summed E-state index contributed by atoms with van der Waals surface area (Å²) < 4.78 is 12.8. The molecule has 1 heterocycles. The summed E-state index contributed by atoms with van der Waals surface area (Å²) in [5.74, 6) is 0. The minimum Gasteiger partial charge on any atom is -0.417 e. The maximum absolute atomic E-state index is 6.12. The molecule has 0 aromatic carbocycles.